The molecule has 5 nitrogen and oxygen atoms in total. The molecule has 0 aromatic heterocycles. The number of methoxy groups -OCH3 is 2. The first-order valence-corrected chi connectivity index (χ1v) is 6.96. The van der Waals surface area contributed by atoms with Crippen LogP contribution in [0.25, 0.3) is 0 Å². The van der Waals surface area contributed by atoms with Crippen molar-refractivity contribution in [2.75, 3.05) is 40.5 Å². The average molecular weight is 290 g/mol. The number of amides is 1. The number of ether oxygens (including phenoxy) is 2. The van der Waals surface area contributed by atoms with E-state index in [1.807, 2.05) is 12.1 Å². The highest BCUT2D eigenvalue weighted by molar-refractivity contribution is 5.76. The van der Waals surface area contributed by atoms with E-state index in [0.717, 1.165) is 5.56 Å². The summed E-state index contributed by atoms with van der Waals surface area (Å²) in [5, 5.41) is 8.75. The number of nitriles is 1. The van der Waals surface area contributed by atoms with E-state index in [-0.39, 0.29) is 5.91 Å². The fourth-order valence-corrected chi connectivity index (χ4v) is 1.92. The number of rotatable bonds is 9. The molecule has 0 aliphatic carbocycles. The normalized spacial score (nSPS) is 10.1. The number of hydrogen-bond acceptors (Lipinski definition) is 4. The molecule has 0 unspecified atom stereocenters. The smallest absolute Gasteiger partial charge is 0.223 e. The second-order valence-corrected chi connectivity index (χ2v) is 4.68. The summed E-state index contributed by atoms with van der Waals surface area (Å²) in [7, 11) is 3.24. The Morgan fingerprint density at radius 2 is 1.71 bits per heavy atom. The Kier molecular flexibility index (Phi) is 8.10. The van der Waals surface area contributed by atoms with Gasteiger partial charge < -0.3 is 14.4 Å². The zero-order chi connectivity index (χ0) is 15.5. The van der Waals surface area contributed by atoms with Crippen LogP contribution in [0.3, 0.4) is 0 Å². The van der Waals surface area contributed by atoms with E-state index in [0.29, 0.717) is 44.7 Å². The van der Waals surface area contributed by atoms with Crippen molar-refractivity contribution in [1.82, 2.24) is 4.90 Å². The molecule has 1 aromatic carbocycles. The van der Waals surface area contributed by atoms with Gasteiger partial charge in [0, 0.05) is 33.7 Å². The maximum absolute atomic E-state index is 12.2. The van der Waals surface area contributed by atoms with Crippen molar-refractivity contribution in [2.24, 2.45) is 0 Å². The lowest BCUT2D eigenvalue weighted by atomic mass is 10.1. The Balaban J connectivity index is 2.49. The lowest BCUT2D eigenvalue weighted by Gasteiger charge is -2.22. The van der Waals surface area contributed by atoms with Gasteiger partial charge in [0.1, 0.15) is 0 Å². The van der Waals surface area contributed by atoms with Gasteiger partial charge in [0.2, 0.25) is 5.91 Å². The zero-order valence-electron chi connectivity index (χ0n) is 12.7. The van der Waals surface area contributed by atoms with Crippen LogP contribution in [0.2, 0.25) is 0 Å². The fraction of sp³-hybridized carbons (Fsp3) is 0.500. The van der Waals surface area contributed by atoms with Gasteiger partial charge in [0.15, 0.2) is 0 Å². The summed E-state index contributed by atoms with van der Waals surface area (Å²) < 4.78 is 10.1. The van der Waals surface area contributed by atoms with Gasteiger partial charge in [-0.3, -0.25) is 4.79 Å². The highest BCUT2D eigenvalue weighted by atomic mass is 16.5. The Morgan fingerprint density at radius 1 is 1.14 bits per heavy atom. The van der Waals surface area contributed by atoms with Crippen LogP contribution in [-0.2, 0) is 20.7 Å². The Hall–Kier alpha value is -1.90. The van der Waals surface area contributed by atoms with E-state index in [2.05, 4.69) is 6.07 Å². The first-order valence-electron chi connectivity index (χ1n) is 6.96. The number of carbonyl (C=O) groups excluding carboxylic acids is 1. The molecule has 114 valence electrons. The van der Waals surface area contributed by atoms with Crippen molar-refractivity contribution in [3.05, 3.63) is 35.4 Å². The molecule has 21 heavy (non-hydrogen) atoms. The lowest BCUT2D eigenvalue weighted by Crippen LogP contribution is -2.36. The predicted octanol–water partition coefficient (Wildman–Crippen LogP) is 1.61. The molecule has 0 radical (unpaired) electrons. The van der Waals surface area contributed by atoms with Crippen molar-refractivity contribution >= 4 is 5.91 Å². The highest BCUT2D eigenvalue weighted by Crippen LogP contribution is 2.07. The number of benzene rings is 1. The summed E-state index contributed by atoms with van der Waals surface area (Å²) in [6, 6.07) is 9.40. The van der Waals surface area contributed by atoms with Gasteiger partial charge >= 0.3 is 0 Å². The minimum absolute atomic E-state index is 0.0912. The maximum Gasteiger partial charge on any atom is 0.223 e. The molecule has 0 heterocycles. The molecule has 5 heteroatoms. The van der Waals surface area contributed by atoms with Gasteiger partial charge in [0.25, 0.3) is 0 Å². The van der Waals surface area contributed by atoms with Crippen LogP contribution >= 0.6 is 0 Å². The minimum atomic E-state index is 0.0912. The van der Waals surface area contributed by atoms with Crippen molar-refractivity contribution in [3.63, 3.8) is 0 Å². The molecule has 0 fully saturated rings. The second-order valence-electron chi connectivity index (χ2n) is 4.68. The molecule has 0 spiro atoms. The number of nitrogens with zero attached hydrogens (tertiary/aromatic N) is 2. The van der Waals surface area contributed by atoms with E-state index in [4.69, 9.17) is 14.7 Å². The Labute approximate surface area is 126 Å². The molecule has 0 aliphatic rings. The molecule has 0 saturated carbocycles. The first-order chi connectivity index (χ1) is 10.2. The monoisotopic (exact) mass is 290 g/mol. The minimum Gasteiger partial charge on any atom is -0.383 e. The van der Waals surface area contributed by atoms with Crippen LogP contribution in [0, 0.1) is 11.3 Å². The summed E-state index contributed by atoms with van der Waals surface area (Å²) in [5.74, 6) is 0.0912. The molecule has 0 aliphatic heterocycles. The molecule has 1 aromatic rings. The summed E-state index contributed by atoms with van der Waals surface area (Å²) >= 11 is 0. The lowest BCUT2D eigenvalue weighted by molar-refractivity contribution is -0.132. The van der Waals surface area contributed by atoms with Gasteiger partial charge in [0.05, 0.1) is 24.8 Å². The number of carbonyl (C=O) groups is 1. The van der Waals surface area contributed by atoms with Crippen LogP contribution in [0.5, 0.6) is 0 Å². The Morgan fingerprint density at radius 3 is 2.19 bits per heavy atom. The second kappa shape index (κ2) is 9.92. The van der Waals surface area contributed by atoms with E-state index in [9.17, 15) is 4.79 Å². The van der Waals surface area contributed by atoms with Gasteiger partial charge in [-0.2, -0.15) is 5.26 Å². The average Bonchev–Trinajstić information content (AvgIpc) is 2.53. The Bertz CT molecular complexity index is 457. The summed E-state index contributed by atoms with van der Waals surface area (Å²) in [6.07, 6.45) is 1.11. The molecule has 1 rings (SSSR count). The van der Waals surface area contributed by atoms with Crippen molar-refractivity contribution in [2.45, 2.75) is 12.8 Å². The van der Waals surface area contributed by atoms with E-state index < -0.39 is 0 Å². The standard InChI is InChI=1S/C16H22N2O3/c1-20-11-9-18(10-12-21-2)16(19)8-7-14-3-5-15(13-17)6-4-14/h3-6H,7-12H2,1-2H3. The highest BCUT2D eigenvalue weighted by Gasteiger charge is 2.12. The third-order valence-corrected chi connectivity index (χ3v) is 3.19. The van der Waals surface area contributed by atoms with E-state index >= 15 is 0 Å². The third kappa shape index (κ3) is 6.39. The fourth-order valence-electron chi connectivity index (χ4n) is 1.92. The van der Waals surface area contributed by atoms with Crippen LogP contribution in [-0.4, -0.2) is 51.3 Å². The largest absolute Gasteiger partial charge is 0.383 e. The van der Waals surface area contributed by atoms with Crippen molar-refractivity contribution in [1.29, 1.82) is 5.26 Å². The van der Waals surface area contributed by atoms with Crippen molar-refractivity contribution in [3.8, 4) is 6.07 Å². The quantitative estimate of drug-likeness (QED) is 0.693. The molecule has 0 saturated heterocycles. The number of hydrogen-bond donors (Lipinski definition) is 0. The number of aryl methyl sites for hydroxylation is 1. The zero-order valence-corrected chi connectivity index (χ0v) is 12.7. The van der Waals surface area contributed by atoms with Crippen LogP contribution < -0.4 is 0 Å². The van der Waals surface area contributed by atoms with Gasteiger partial charge in [-0.15, -0.1) is 0 Å². The summed E-state index contributed by atoms with van der Waals surface area (Å²) in [4.78, 5) is 14.0. The van der Waals surface area contributed by atoms with Gasteiger partial charge in [-0.05, 0) is 24.1 Å². The van der Waals surface area contributed by atoms with Crippen LogP contribution in [0.4, 0.5) is 0 Å². The van der Waals surface area contributed by atoms with Crippen LogP contribution in [0.1, 0.15) is 17.5 Å². The molecule has 0 N–H and O–H groups in total. The van der Waals surface area contributed by atoms with E-state index in [1.165, 1.54) is 0 Å². The topological polar surface area (TPSA) is 62.6 Å². The van der Waals surface area contributed by atoms with Gasteiger partial charge in [-0.25, -0.2) is 0 Å². The molecule has 0 atom stereocenters. The van der Waals surface area contributed by atoms with Crippen molar-refractivity contribution < 1.29 is 14.3 Å². The molecular formula is C16H22N2O3. The first kappa shape index (κ1) is 17.2. The van der Waals surface area contributed by atoms with E-state index in [1.54, 1.807) is 31.3 Å². The summed E-state index contributed by atoms with van der Waals surface area (Å²) in [6.45, 7) is 2.19. The molecular weight excluding hydrogens is 268 g/mol. The van der Waals surface area contributed by atoms with Gasteiger partial charge in [-0.1, -0.05) is 12.1 Å². The SMILES string of the molecule is COCCN(CCOC)C(=O)CCc1ccc(C#N)cc1. The van der Waals surface area contributed by atoms with Crippen LogP contribution in [0.15, 0.2) is 24.3 Å². The summed E-state index contributed by atoms with van der Waals surface area (Å²) in [5.41, 5.74) is 1.69. The molecule has 1 amide bonds. The maximum atomic E-state index is 12.2. The predicted molar refractivity (Wildman–Crippen MR) is 79.8 cm³/mol. The molecule has 0 bridgehead atoms. The third-order valence-electron chi connectivity index (χ3n) is 3.19.